The van der Waals surface area contributed by atoms with Gasteiger partial charge in [-0.2, -0.15) is 4.98 Å². The average Bonchev–Trinajstić information content (AvgIpc) is 2.96. The molecule has 0 aliphatic carbocycles. The van der Waals surface area contributed by atoms with Gasteiger partial charge < -0.3 is 24.6 Å². The third-order valence-corrected chi connectivity index (χ3v) is 7.39. The maximum absolute atomic E-state index is 13.1. The van der Waals surface area contributed by atoms with Crippen LogP contribution in [-0.2, 0) is 4.74 Å². The molecule has 4 aromatic rings. The third kappa shape index (κ3) is 6.83. The van der Waals surface area contributed by atoms with Gasteiger partial charge in [0.05, 0.1) is 18.5 Å². The molecule has 1 aliphatic heterocycles. The molecule has 0 bridgehead atoms. The summed E-state index contributed by atoms with van der Waals surface area (Å²) in [5.41, 5.74) is 0.550. The maximum Gasteiger partial charge on any atom is 0.412 e. The molecule has 0 atom stereocenters. The van der Waals surface area contributed by atoms with Crippen molar-refractivity contribution in [2.45, 2.75) is 45.3 Å². The number of nitrogens with zero attached hydrogens (tertiary/aromatic N) is 5. The fourth-order valence-corrected chi connectivity index (χ4v) is 5.20. The molecule has 1 fully saturated rings. The summed E-state index contributed by atoms with van der Waals surface area (Å²) in [7, 11) is 5.84. The van der Waals surface area contributed by atoms with Crippen LogP contribution in [0.3, 0.4) is 0 Å². The van der Waals surface area contributed by atoms with Crippen molar-refractivity contribution in [2.24, 2.45) is 0 Å². The minimum Gasteiger partial charge on any atom is -0.494 e. The Morgan fingerprint density at radius 1 is 1.07 bits per heavy atom. The SMILES string of the molecule is COc1cc(N2CCC(N(C)C)CC2)ccc1Nc1ncc2c(=O)[nH]c(=O)n(-c3cccc(NC(=O)OC(C)(C)C)c3)c2n1. The average molecular weight is 603 g/mol. The Hall–Kier alpha value is -4.91. The largest absolute Gasteiger partial charge is 0.494 e. The van der Waals surface area contributed by atoms with E-state index in [0.717, 1.165) is 31.6 Å². The Kier molecular flexibility index (Phi) is 8.59. The number of anilines is 4. The van der Waals surface area contributed by atoms with Gasteiger partial charge in [0.15, 0.2) is 5.65 Å². The van der Waals surface area contributed by atoms with Gasteiger partial charge in [-0.25, -0.2) is 19.1 Å². The van der Waals surface area contributed by atoms with Gasteiger partial charge >= 0.3 is 11.8 Å². The number of benzene rings is 2. The van der Waals surface area contributed by atoms with Crippen LogP contribution in [0.5, 0.6) is 5.75 Å². The predicted octanol–water partition coefficient (Wildman–Crippen LogP) is 4.10. The molecule has 0 saturated carbocycles. The molecule has 1 aliphatic rings. The number of aromatic amines is 1. The minimum absolute atomic E-state index is 0.0880. The second kappa shape index (κ2) is 12.4. The van der Waals surface area contributed by atoms with Gasteiger partial charge in [-0.15, -0.1) is 0 Å². The molecule has 3 heterocycles. The van der Waals surface area contributed by atoms with Crippen molar-refractivity contribution < 1.29 is 14.3 Å². The smallest absolute Gasteiger partial charge is 0.412 e. The Bertz CT molecular complexity index is 1780. The molecule has 1 saturated heterocycles. The van der Waals surface area contributed by atoms with E-state index in [1.54, 1.807) is 52.1 Å². The van der Waals surface area contributed by atoms with Crippen LogP contribution >= 0.6 is 0 Å². The molecule has 13 heteroatoms. The lowest BCUT2D eigenvalue weighted by molar-refractivity contribution is 0.0636. The molecule has 44 heavy (non-hydrogen) atoms. The number of carbonyl (C=O) groups is 1. The molecule has 13 nitrogen and oxygen atoms in total. The summed E-state index contributed by atoms with van der Waals surface area (Å²) in [4.78, 5) is 53.9. The molecule has 0 spiro atoms. The molecule has 5 rings (SSSR count). The van der Waals surface area contributed by atoms with Crippen LogP contribution in [0.25, 0.3) is 16.7 Å². The number of ether oxygens (including phenoxy) is 2. The molecule has 1 amide bonds. The monoisotopic (exact) mass is 602 g/mol. The van der Waals surface area contributed by atoms with Crippen molar-refractivity contribution in [2.75, 3.05) is 49.8 Å². The van der Waals surface area contributed by atoms with Gasteiger partial charge in [-0.3, -0.25) is 15.1 Å². The fourth-order valence-electron chi connectivity index (χ4n) is 5.20. The summed E-state index contributed by atoms with van der Waals surface area (Å²) in [5, 5.41) is 5.95. The normalized spacial score (nSPS) is 14.1. The first kappa shape index (κ1) is 30.5. The standard InChI is InChI=1S/C31H38N8O5/c1-31(2,3)44-30(42)33-19-8-7-9-22(16-19)39-26-23(27(40)36-29(39)41)18-32-28(35-26)34-24-11-10-21(17-25(24)43-6)38-14-12-20(13-15-38)37(4)5/h7-11,16-18,20H,12-15H2,1-6H3,(H,33,42)(H,32,34,35)(H,36,40,41). The van der Waals surface area contributed by atoms with Crippen LogP contribution in [0.1, 0.15) is 33.6 Å². The molecule has 3 N–H and O–H groups in total. The van der Waals surface area contributed by atoms with Crippen molar-refractivity contribution >= 4 is 40.1 Å². The number of piperidine rings is 1. The van der Waals surface area contributed by atoms with E-state index >= 15 is 0 Å². The van der Waals surface area contributed by atoms with Crippen molar-refractivity contribution in [3.63, 3.8) is 0 Å². The number of hydrogen-bond acceptors (Lipinski definition) is 10. The van der Waals surface area contributed by atoms with E-state index in [1.807, 2.05) is 18.2 Å². The summed E-state index contributed by atoms with van der Waals surface area (Å²) in [6.45, 7) is 7.19. The Morgan fingerprint density at radius 2 is 1.82 bits per heavy atom. The van der Waals surface area contributed by atoms with Crippen molar-refractivity contribution in [1.82, 2.24) is 24.4 Å². The summed E-state index contributed by atoms with van der Waals surface area (Å²) >= 11 is 0. The van der Waals surface area contributed by atoms with Crippen molar-refractivity contribution in [3.05, 3.63) is 69.5 Å². The van der Waals surface area contributed by atoms with Crippen LogP contribution in [0, 0.1) is 0 Å². The number of amides is 1. The highest BCUT2D eigenvalue weighted by molar-refractivity contribution is 5.85. The minimum atomic E-state index is -0.693. The molecule has 0 radical (unpaired) electrons. The first-order valence-corrected chi connectivity index (χ1v) is 14.4. The lowest BCUT2D eigenvalue weighted by Crippen LogP contribution is -2.41. The Labute approximate surface area is 254 Å². The van der Waals surface area contributed by atoms with Gasteiger partial charge in [0.1, 0.15) is 16.7 Å². The fraction of sp³-hybridized carbons (Fsp3) is 0.387. The first-order chi connectivity index (χ1) is 20.9. The predicted molar refractivity (Wildman–Crippen MR) is 171 cm³/mol. The molecule has 2 aromatic carbocycles. The Balaban J connectivity index is 1.45. The zero-order valence-corrected chi connectivity index (χ0v) is 25.8. The van der Waals surface area contributed by atoms with E-state index in [9.17, 15) is 14.4 Å². The summed E-state index contributed by atoms with van der Waals surface area (Å²) in [6.07, 6.45) is 2.89. The number of hydrogen-bond donors (Lipinski definition) is 3. The highest BCUT2D eigenvalue weighted by Gasteiger charge is 2.22. The summed E-state index contributed by atoms with van der Waals surface area (Å²) in [5.74, 6) is 0.766. The van der Waals surface area contributed by atoms with Crippen LogP contribution in [-0.4, -0.2) is 76.4 Å². The molecule has 0 unspecified atom stereocenters. The van der Waals surface area contributed by atoms with E-state index in [2.05, 4.69) is 49.5 Å². The topological polar surface area (TPSA) is 147 Å². The van der Waals surface area contributed by atoms with Crippen LogP contribution in [0.4, 0.5) is 27.8 Å². The number of carbonyl (C=O) groups excluding carboxylic acids is 1. The molecule has 2 aromatic heterocycles. The van der Waals surface area contributed by atoms with Gasteiger partial charge in [0.2, 0.25) is 5.95 Å². The van der Waals surface area contributed by atoms with E-state index < -0.39 is 22.9 Å². The number of fused-ring (bicyclic) bond motifs is 1. The number of nitrogens with one attached hydrogen (secondary N) is 3. The van der Waals surface area contributed by atoms with E-state index in [4.69, 9.17) is 9.47 Å². The van der Waals surface area contributed by atoms with E-state index in [-0.39, 0.29) is 17.0 Å². The van der Waals surface area contributed by atoms with Crippen LogP contribution in [0.15, 0.2) is 58.3 Å². The number of aromatic nitrogens is 4. The lowest BCUT2D eigenvalue weighted by atomic mass is 10.0. The molecular weight excluding hydrogens is 564 g/mol. The van der Waals surface area contributed by atoms with Gasteiger partial charge in [0, 0.05) is 42.8 Å². The van der Waals surface area contributed by atoms with E-state index in [0.29, 0.717) is 28.9 Å². The second-order valence-electron chi connectivity index (χ2n) is 11.9. The zero-order chi connectivity index (χ0) is 31.6. The first-order valence-electron chi connectivity index (χ1n) is 14.4. The van der Waals surface area contributed by atoms with Gasteiger partial charge in [-0.1, -0.05) is 6.07 Å². The zero-order valence-electron chi connectivity index (χ0n) is 25.8. The highest BCUT2D eigenvalue weighted by atomic mass is 16.6. The number of methoxy groups -OCH3 is 1. The number of rotatable bonds is 7. The second-order valence-corrected chi connectivity index (χ2v) is 11.9. The highest BCUT2D eigenvalue weighted by Crippen LogP contribution is 2.33. The van der Waals surface area contributed by atoms with Gasteiger partial charge in [-0.05, 0) is 78.0 Å². The molecular formula is C31H38N8O5. The Morgan fingerprint density at radius 3 is 2.50 bits per heavy atom. The maximum atomic E-state index is 13.1. The summed E-state index contributed by atoms with van der Waals surface area (Å²) < 4.78 is 12.3. The van der Waals surface area contributed by atoms with Crippen LogP contribution in [0.2, 0.25) is 0 Å². The van der Waals surface area contributed by atoms with Crippen molar-refractivity contribution in [1.29, 1.82) is 0 Å². The van der Waals surface area contributed by atoms with Gasteiger partial charge in [0.25, 0.3) is 5.56 Å². The number of H-pyrrole nitrogens is 1. The van der Waals surface area contributed by atoms with Crippen LogP contribution < -0.4 is 31.5 Å². The third-order valence-electron chi connectivity index (χ3n) is 7.39. The molecule has 232 valence electrons. The summed E-state index contributed by atoms with van der Waals surface area (Å²) in [6, 6.07) is 13.0. The lowest BCUT2D eigenvalue weighted by Gasteiger charge is -2.36. The van der Waals surface area contributed by atoms with E-state index in [1.165, 1.54) is 10.8 Å². The van der Waals surface area contributed by atoms with Crippen molar-refractivity contribution in [3.8, 4) is 11.4 Å². The quantitative estimate of drug-likeness (QED) is 0.283.